The minimum atomic E-state index is 0. The minimum absolute atomic E-state index is 0. The lowest BCUT2D eigenvalue weighted by atomic mass is 9.54. The normalized spacial score (nSPS) is 44.0. The highest BCUT2D eigenvalue weighted by atomic mass is 16.1. The SMILES string of the molecule is C.CC1CC(C)C(C)C2(C)C=CC(=O)C=C12.CC1CC(C)C(C)C2(C)CCC(=O)C=C12. The van der Waals surface area contributed by atoms with Crippen molar-refractivity contribution in [3.8, 4) is 0 Å². The van der Waals surface area contributed by atoms with Crippen molar-refractivity contribution in [1.82, 2.24) is 0 Å². The first-order valence-electron chi connectivity index (χ1n) is 12.1. The van der Waals surface area contributed by atoms with Crippen LogP contribution in [0, 0.1) is 46.3 Å². The van der Waals surface area contributed by atoms with Crippen LogP contribution in [-0.4, -0.2) is 11.6 Å². The van der Waals surface area contributed by atoms with Crippen molar-refractivity contribution in [1.29, 1.82) is 0 Å². The molecular weight excluding hydrogens is 380 g/mol. The van der Waals surface area contributed by atoms with Crippen LogP contribution in [0.1, 0.15) is 88.5 Å². The average molecular weight is 427 g/mol. The fraction of sp³-hybridized carbons (Fsp3) is 0.724. The molecule has 4 aliphatic carbocycles. The number of carbonyl (C=O) groups excluding carboxylic acids is 2. The summed E-state index contributed by atoms with van der Waals surface area (Å²) in [6.07, 6.45) is 12.0. The van der Waals surface area contributed by atoms with Crippen molar-refractivity contribution in [3.05, 3.63) is 35.5 Å². The topological polar surface area (TPSA) is 34.1 Å². The summed E-state index contributed by atoms with van der Waals surface area (Å²) in [6.45, 7) is 18.5. The monoisotopic (exact) mass is 426 g/mol. The molecule has 8 atom stereocenters. The van der Waals surface area contributed by atoms with Crippen molar-refractivity contribution in [3.63, 3.8) is 0 Å². The molecule has 174 valence electrons. The molecule has 4 aliphatic rings. The van der Waals surface area contributed by atoms with E-state index in [-0.39, 0.29) is 18.6 Å². The molecule has 0 saturated heterocycles. The van der Waals surface area contributed by atoms with Crippen molar-refractivity contribution in [2.45, 2.75) is 88.5 Å². The molecule has 2 fully saturated rings. The Hall–Kier alpha value is -1.44. The van der Waals surface area contributed by atoms with E-state index in [1.54, 1.807) is 6.08 Å². The second-order valence-corrected chi connectivity index (χ2v) is 11.4. The van der Waals surface area contributed by atoms with E-state index in [1.807, 2.05) is 12.2 Å². The largest absolute Gasteiger partial charge is 0.295 e. The second kappa shape index (κ2) is 9.20. The molecule has 0 N–H and O–H groups in total. The highest BCUT2D eigenvalue weighted by Gasteiger charge is 2.46. The number of allylic oxidation sites excluding steroid dienone is 6. The Morgan fingerprint density at radius 3 is 1.97 bits per heavy atom. The second-order valence-electron chi connectivity index (χ2n) is 11.4. The van der Waals surface area contributed by atoms with E-state index >= 15 is 0 Å². The first kappa shape index (κ1) is 25.8. The molecule has 0 heterocycles. The molecule has 0 spiro atoms. The first-order valence-corrected chi connectivity index (χ1v) is 12.1. The summed E-state index contributed by atoms with van der Waals surface area (Å²) < 4.78 is 0. The van der Waals surface area contributed by atoms with Gasteiger partial charge in [-0.25, -0.2) is 0 Å². The summed E-state index contributed by atoms with van der Waals surface area (Å²) in [6, 6.07) is 0. The standard InChI is InChI=1S/C14H22O.C14H20O.CH4/c2*1-9-7-10(2)13-8-12(15)5-6-14(13,4)11(9)3;/h8-11H,5-7H2,1-4H3;5-6,8-11H,7H2,1-4H3;1H4. The van der Waals surface area contributed by atoms with E-state index in [0.29, 0.717) is 34.9 Å². The van der Waals surface area contributed by atoms with Gasteiger partial charge < -0.3 is 0 Å². The zero-order valence-electron chi connectivity index (χ0n) is 20.4. The van der Waals surface area contributed by atoms with Gasteiger partial charge >= 0.3 is 0 Å². The molecule has 2 heteroatoms. The van der Waals surface area contributed by atoms with Crippen molar-refractivity contribution in [2.24, 2.45) is 46.3 Å². The maximum absolute atomic E-state index is 11.5. The van der Waals surface area contributed by atoms with Gasteiger partial charge in [0.15, 0.2) is 11.6 Å². The van der Waals surface area contributed by atoms with Crippen molar-refractivity contribution < 1.29 is 9.59 Å². The van der Waals surface area contributed by atoms with Gasteiger partial charge in [0, 0.05) is 11.8 Å². The Morgan fingerprint density at radius 2 is 1.35 bits per heavy atom. The minimum Gasteiger partial charge on any atom is -0.295 e. The van der Waals surface area contributed by atoms with E-state index in [4.69, 9.17) is 0 Å². The van der Waals surface area contributed by atoms with E-state index in [2.05, 4.69) is 61.5 Å². The van der Waals surface area contributed by atoms with Gasteiger partial charge in [-0.2, -0.15) is 0 Å². The summed E-state index contributed by atoms with van der Waals surface area (Å²) in [4.78, 5) is 22.9. The molecule has 4 rings (SSSR count). The van der Waals surface area contributed by atoms with Gasteiger partial charge in [0.2, 0.25) is 0 Å². The molecule has 2 saturated carbocycles. The highest BCUT2D eigenvalue weighted by molar-refractivity contribution is 6.01. The molecule has 0 aromatic rings. The quantitative estimate of drug-likeness (QED) is 0.399. The van der Waals surface area contributed by atoms with Gasteiger partial charge in [0.05, 0.1) is 0 Å². The average Bonchev–Trinajstić information content (AvgIpc) is 2.68. The molecule has 0 aliphatic heterocycles. The van der Waals surface area contributed by atoms with Crippen LogP contribution >= 0.6 is 0 Å². The summed E-state index contributed by atoms with van der Waals surface area (Å²) in [5.74, 6) is 4.53. The molecule has 0 bridgehead atoms. The van der Waals surface area contributed by atoms with E-state index in [1.165, 1.54) is 24.0 Å². The number of hydrogen-bond donors (Lipinski definition) is 0. The lowest BCUT2D eigenvalue weighted by Gasteiger charge is -2.50. The summed E-state index contributed by atoms with van der Waals surface area (Å²) >= 11 is 0. The molecular formula is C29H46O2. The fourth-order valence-electron chi connectivity index (χ4n) is 6.93. The van der Waals surface area contributed by atoms with Crippen LogP contribution in [0.2, 0.25) is 0 Å². The highest BCUT2D eigenvalue weighted by Crippen LogP contribution is 2.54. The summed E-state index contributed by atoms with van der Waals surface area (Å²) in [5, 5.41) is 0. The molecule has 31 heavy (non-hydrogen) atoms. The maximum atomic E-state index is 11.5. The number of rotatable bonds is 0. The van der Waals surface area contributed by atoms with Gasteiger partial charge in [-0.15, -0.1) is 0 Å². The molecule has 0 aromatic heterocycles. The molecule has 0 aromatic carbocycles. The van der Waals surface area contributed by atoms with Gasteiger partial charge in [-0.05, 0) is 78.4 Å². The van der Waals surface area contributed by atoms with Crippen LogP contribution in [0.4, 0.5) is 0 Å². The third kappa shape index (κ3) is 4.55. The Balaban J connectivity index is 0.000000213. The van der Waals surface area contributed by atoms with Gasteiger partial charge in [0.1, 0.15) is 0 Å². The number of ketones is 2. The number of hydrogen-bond acceptors (Lipinski definition) is 2. The lowest BCUT2D eigenvalue weighted by molar-refractivity contribution is -0.116. The Bertz CT molecular complexity index is 788. The van der Waals surface area contributed by atoms with Gasteiger partial charge in [-0.3, -0.25) is 9.59 Å². The van der Waals surface area contributed by atoms with Crippen LogP contribution in [0.15, 0.2) is 35.5 Å². The third-order valence-corrected chi connectivity index (χ3v) is 9.55. The van der Waals surface area contributed by atoms with E-state index in [9.17, 15) is 9.59 Å². The summed E-state index contributed by atoms with van der Waals surface area (Å²) in [5.41, 5.74) is 3.20. The fourth-order valence-corrected chi connectivity index (χ4v) is 6.93. The maximum Gasteiger partial charge on any atom is 0.178 e. The number of fused-ring (bicyclic) bond motifs is 2. The zero-order chi connectivity index (χ0) is 22.4. The molecule has 0 amide bonds. The predicted molar refractivity (Wildman–Crippen MR) is 132 cm³/mol. The Morgan fingerprint density at radius 1 is 0.806 bits per heavy atom. The molecule has 2 nitrogen and oxygen atoms in total. The van der Waals surface area contributed by atoms with Crippen LogP contribution < -0.4 is 0 Å². The van der Waals surface area contributed by atoms with Crippen LogP contribution in [-0.2, 0) is 9.59 Å². The summed E-state index contributed by atoms with van der Waals surface area (Å²) in [7, 11) is 0. The lowest BCUT2D eigenvalue weighted by Crippen LogP contribution is -2.42. The first-order chi connectivity index (χ1) is 13.9. The van der Waals surface area contributed by atoms with Crippen LogP contribution in [0.25, 0.3) is 0 Å². The van der Waals surface area contributed by atoms with Crippen LogP contribution in [0.3, 0.4) is 0 Å². The van der Waals surface area contributed by atoms with Crippen molar-refractivity contribution >= 4 is 11.6 Å². The predicted octanol–water partition coefficient (Wildman–Crippen LogP) is 7.60. The van der Waals surface area contributed by atoms with E-state index < -0.39 is 0 Å². The third-order valence-electron chi connectivity index (χ3n) is 9.55. The Kier molecular flexibility index (Phi) is 7.66. The molecule has 8 unspecified atom stereocenters. The van der Waals surface area contributed by atoms with Gasteiger partial charge in [-0.1, -0.05) is 80.0 Å². The smallest absolute Gasteiger partial charge is 0.178 e. The van der Waals surface area contributed by atoms with Gasteiger partial charge in [0.25, 0.3) is 0 Å². The number of carbonyl (C=O) groups is 2. The van der Waals surface area contributed by atoms with Crippen LogP contribution in [0.5, 0.6) is 0 Å². The molecule has 0 radical (unpaired) electrons. The van der Waals surface area contributed by atoms with Crippen molar-refractivity contribution in [2.75, 3.05) is 0 Å². The Labute approximate surface area is 191 Å². The van der Waals surface area contributed by atoms with E-state index in [0.717, 1.165) is 24.7 Å². The zero-order valence-corrected chi connectivity index (χ0v) is 20.4.